The van der Waals surface area contributed by atoms with Crippen LogP contribution in [0.2, 0.25) is 5.02 Å². The van der Waals surface area contributed by atoms with Crippen LogP contribution in [-0.2, 0) is 4.79 Å². The molecule has 5 heteroatoms. The first kappa shape index (κ1) is 15.8. The molecule has 0 bridgehead atoms. The number of halogens is 1. The first-order valence-electron chi connectivity index (χ1n) is 6.41. The second kappa shape index (κ2) is 7.36. The van der Waals surface area contributed by atoms with E-state index in [4.69, 9.17) is 11.6 Å². The van der Waals surface area contributed by atoms with Crippen LogP contribution in [0, 0.1) is 0 Å². The van der Waals surface area contributed by atoms with Crippen molar-refractivity contribution in [2.45, 2.75) is 26.3 Å². The highest BCUT2D eigenvalue weighted by atomic mass is 35.5. The Labute approximate surface area is 119 Å². The molecule has 0 aliphatic rings. The van der Waals surface area contributed by atoms with E-state index in [1.807, 2.05) is 25.8 Å². The monoisotopic (exact) mass is 284 g/mol. The number of carbonyl (C=O) groups excluding carboxylic acids is 1. The van der Waals surface area contributed by atoms with Gasteiger partial charge in [-0.3, -0.25) is 9.69 Å². The summed E-state index contributed by atoms with van der Waals surface area (Å²) in [5, 5.41) is 13.2. The zero-order valence-corrected chi connectivity index (χ0v) is 12.4. The topological polar surface area (TPSA) is 52.6 Å². The second-order valence-corrected chi connectivity index (χ2v) is 5.08. The first-order valence-corrected chi connectivity index (χ1v) is 6.78. The van der Waals surface area contributed by atoms with E-state index in [0.717, 1.165) is 12.0 Å². The number of hydrogen-bond donors (Lipinski definition) is 2. The molecule has 1 unspecified atom stereocenters. The molecule has 1 amide bonds. The lowest BCUT2D eigenvalue weighted by Crippen LogP contribution is -2.36. The average molecular weight is 285 g/mol. The Morgan fingerprint density at radius 1 is 1.53 bits per heavy atom. The molecule has 0 aliphatic heterocycles. The molecular formula is C14H21ClN2O2. The molecule has 0 spiro atoms. The summed E-state index contributed by atoms with van der Waals surface area (Å²) in [5.74, 6) is 0.176. The summed E-state index contributed by atoms with van der Waals surface area (Å²) in [6.45, 7) is 4.91. The number of amides is 1. The van der Waals surface area contributed by atoms with Crippen LogP contribution >= 0.6 is 11.6 Å². The summed E-state index contributed by atoms with van der Waals surface area (Å²) < 4.78 is 0. The fourth-order valence-electron chi connectivity index (χ4n) is 1.78. The van der Waals surface area contributed by atoms with Crippen molar-refractivity contribution in [3.8, 4) is 5.75 Å². The van der Waals surface area contributed by atoms with Gasteiger partial charge >= 0.3 is 0 Å². The molecule has 4 nitrogen and oxygen atoms in total. The van der Waals surface area contributed by atoms with Crippen molar-refractivity contribution in [3.05, 3.63) is 28.8 Å². The number of benzene rings is 1. The Kier molecular flexibility index (Phi) is 6.12. The van der Waals surface area contributed by atoms with Gasteiger partial charge in [-0.1, -0.05) is 18.5 Å². The Morgan fingerprint density at radius 2 is 2.21 bits per heavy atom. The van der Waals surface area contributed by atoms with E-state index >= 15 is 0 Å². The summed E-state index contributed by atoms with van der Waals surface area (Å²) in [5.41, 5.74) is 0.721. The Balaban J connectivity index is 2.68. The maximum Gasteiger partial charge on any atom is 0.234 e. The summed E-state index contributed by atoms with van der Waals surface area (Å²) in [6, 6.07) is 4.84. The van der Waals surface area contributed by atoms with Gasteiger partial charge in [-0.2, -0.15) is 0 Å². The normalized spacial score (nSPS) is 12.5. The highest BCUT2D eigenvalue weighted by Crippen LogP contribution is 2.29. The number of phenolic OH excluding ortho intramolecular Hbond substituents is 1. The molecule has 0 radical (unpaired) electrons. The lowest BCUT2D eigenvalue weighted by atomic mass is 10.1. The van der Waals surface area contributed by atoms with Crippen molar-refractivity contribution < 1.29 is 9.90 Å². The molecule has 0 aliphatic carbocycles. The number of hydrogen-bond acceptors (Lipinski definition) is 3. The minimum atomic E-state index is -0.0916. The van der Waals surface area contributed by atoms with Gasteiger partial charge in [0.15, 0.2) is 0 Å². The molecule has 0 aromatic heterocycles. The van der Waals surface area contributed by atoms with E-state index in [0.29, 0.717) is 11.6 Å². The zero-order chi connectivity index (χ0) is 14.4. The number of nitrogens with one attached hydrogen (secondary N) is 1. The zero-order valence-electron chi connectivity index (χ0n) is 11.6. The number of nitrogens with zero attached hydrogens (tertiary/aromatic N) is 1. The van der Waals surface area contributed by atoms with Crippen LogP contribution in [0.1, 0.15) is 31.9 Å². The van der Waals surface area contributed by atoms with Gasteiger partial charge in [-0.15, -0.1) is 0 Å². The maximum atomic E-state index is 11.7. The molecule has 1 rings (SSSR count). The number of carbonyl (C=O) groups is 1. The highest BCUT2D eigenvalue weighted by molar-refractivity contribution is 6.30. The summed E-state index contributed by atoms with van der Waals surface area (Å²) in [6.07, 6.45) is 0.917. The van der Waals surface area contributed by atoms with Crippen LogP contribution in [0.15, 0.2) is 18.2 Å². The van der Waals surface area contributed by atoms with Crippen LogP contribution < -0.4 is 5.32 Å². The first-order chi connectivity index (χ1) is 8.95. The molecule has 106 valence electrons. The van der Waals surface area contributed by atoms with Gasteiger partial charge in [-0.05, 0) is 38.6 Å². The van der Waals surface area contributed by atoms with E-state index in [-0.39, 0.29) is 24.2 Å². The third-order valence-corrected chi connectivity index (χ3v) is 3.30. The summed E-state index contributed by atoms with van der Waals surface area (Å²) in [4.78, 5) is 13.5. The summed E-state index contributed by atoms with van der Waals surface area (Å²) >= 11 is 5.93. The van der Waals surface area contributed by atoms with Gasteiger partial charge in [-0.25, -0.2) is 0 Å². The quantitative estimate of drug-likeness (QED) is 0.844. The molecular weight excluding hydrogens is 264 g/mol. The average Bonchev–Trinajstić information content (AvgIpc) is 2.38. The minimum absolute atomic E-state index is 0.0160. The molecule has 2 N–H and O–H groups in total. The van der Waals surface area contributed by atoms with Crippen LogP contribution in [0.4, 0.5) is 0 Å². The van der Waals surface area contributed by atoms with E-state index in [9.17, 15) is 9.90 Å². The lowest BCUT2D eigenvalue weighted by Gasteiger charge is -2.25. The van der Waals surface area contributed by atoms with Crippen LogP contribution in [0.5, 0.6) is 5.75 Å². The van der Waals surface area contributed by atoms with E-state index in [1.54, 1.807) is 18.2 Å². The number of rotatable bonds is 6. The lowest BCUT2D eigenvalue weighted by molar-refractivity contribution is -0.122. The van der Waals surface area contributed by atoms with E-state index in [1.165, 1.54) is 0 Å². The highest BCUT2D eigenvalue weighted by Gasteiger charge is 2.17. The second-order valence-electron chi connectivity index (χ2n) is 4.64. The van der Waals surface area contributed by atoms with Crippen molar-refractivity contribution in [1.82, 2.24) is 10.2 Å². The van der Waals surface area contributed by atoms with Crippen molar-refractivity contribution in [2.24, 2.45) is 0 Å². The molecule has 1 aromatic rings. The van der Waals surface area contributed by atoms with Gasteiger partial charge in [0.05, 0.1) is 6.54 Å². The summed E-state index contributed by atoms with van der Waals surface area (Å²) in [7, 11) is 1.84. The van der Waals surface area contributed by atoms with Gasteiger partial charge in [0, 0.05) is 23.2 Å². The third-order valence-electron chi connectivity index (χ3n) is 3.07. The van der Waals surface area contributed by atoms with Crippen molar-refractivity contribution in [3.63, 3.8) is 0 Å². The SMILES string of the molecule is CCCNC(=O)CN(C)C(C)c1cc(Cl)ccc1O. The Morgan fingerprint density at radius 3 is 2.84 bits per heavy atom. The van der Waals surface area contributed by atoms with Crippen LogP contribution in [0.25, 0.3) is 0 Å². The maximum absolute atomic E-state index is 11.7. The molecule has 19 heavy (non-hydrogen) atoms. The van der Waals surface area contributed by atoms with Gasteiger partial charge in [0.2, 0.25) is 5.91 Å². The molecule has 0 saturated carbocycles. The predicted molar refractivity (Wildman–Crippen MR) is 77.5 cm³/mol. The Bertz CT molecular complexity index is 437. The van der Waals surface area contributed by atoms with Crippen molar-refractivity contribution >= 4 is 17.5 Å². The van der Waals surface area contributed by atoms with Gasteiger partial charge < -0.3 is 10.4 Å². The van der Waals surface area contributed by atoms with Gasteiger partial charge in [0.25, 0.3) is 0 Å². The van der Waals surface area contributed by atoms with Crippen LogP contribution in [-0.4, -0.2) is 36.1 Å². The minimum Gasteiger partial charge on any atom is -0.508 e. The largest absolute Gasteiger partial charge is 0.508 e. The van der Waals surface area contributed by atoms with Crippen molar-refractivity contribution in [2.75, 3.05) is 20.1 Å². The smallest absolute Gasteiger partial charge is 0.234 e. The molecule has 0 heterocycles. The van der Waals surface area contributed by atoms with Crippen LogP contribution in [0.3, 0.4) is 0 Å². The number of likely N-dealkylation sites (N-methyl/N-ethyl adjacent to an activating group) is 1. The molecule has 0 saturated heterocycles. The van der Waals surface area contributed by atoms with E-state index < -0.39 is 0 Å². The van der Waals surface area contributed by atoms with Crippen molar-refractivity contribution in [1.29, 1.82) is 0 Å². The number of phenols is 1. The molecule has 1 aromatic carbocycles. The fraction of sp³-hybridized carbons (Fsp3) is 0.500. The van der Waals surface area contributed by atoms with E-state index in [2.05, 4.69) is 5.32 Å². The predicted octanol–water partition coefficient (Wildman–Crippen LogP) is 2.56. The van der Waals surface area contributed by atoms with Gasteiger partial charge in [0.1, 0.15) is 5.75 Å². The standard InChI is InChI=1S/C14H21ClN2O2/c1-4-7-16-14(19)9-17(3)10(2)12-8-11(15)5-6-13(12)18/h5-6,8,10,18H,4,7,9H2,1-3H3,(H,16,19). The fourth-order valence-corrected chi connectivity index (χ4v) is 1.96. The molecule has 0 fully saturated rings. The number of aromatic hydroxyl groups is 1. The Hall–Kier alpha value is -1.26. The third kappa shape index (κ3) is 4.73. The molecule has 1 atom stereocenters.